The van der Waals surface area contributed by atoms with Gasteiger partial charge in [-0.3, -0.25) is 0 Å². The van der Waals surface area contributed by atoms with Crippen molar-refractivity contribution in [3.05, 3.63) is 91.1 Å². The summed E-state index contributed by atoms with van der Waals surface area (Å²) in [7, 11) is 0. The lowest BCUT2D eigenvalue weighted by atomic mass is 9.90. The van der Waals surface area contributed by atoms with Crippen molar-refractivity contribution in [1.29, 1.82) is 0 Å². The monoisotopic (exact) mass is 292 g/mol. The molecule has 0 fully saturated rings. The lowest BCUT2D eigenvalue weighted by Crippen LogP contribution is -1.96. The smallest absolute Gasteiger partial charge is 0.00940 e. The van der Waals surface area contributed by atoms with E-state index < -0.39 is 0 Å². The molecule has 0 amide bonds. The lowest BCUT2D eigenvalue weighted by Gasteiger charge is -2.14. The summed E-state index contributed by atoms with van der Waals surface area (Å²) in [6.45, 7) is 20.8. The minimum Gasteiger partial charge on any atom is -0.103 e. The van der Waals surface area contributed by atoms with Gasteiger partial charge in [0.05, 0.1) is 0 Å². The molecule has 0 aliphatic rings. The minimum atomic E-state index is 0.885. The molecule has 0 nitrogen and oxygen atoms in total. The van der Waals surface area contributed by atoms with Crippen LogP contribution in [0.2, 0.25) is 0 Å². The first-order chi connectivity index (χ1) is 10.6. The van der Waals surface area contributed by atoms with E-state index in [0.29, 0.717) is 0 Å². The maximum Gasteiger partial charge on any atom is -0.00940 e. The average Bonchev–Trinajstić information content (AvgIpc) is 2.55. The molecule has 0 aromatic heterocycles. The molecule has 0 aliphatic heterocycles. The van der Waals surface area contributed by atoms with E-state index in [1.54, 1.807) is 12.2 Å². The van der Waals surface area contributed by atoms with Crippen LogP contribution in [0, 0.1) is 0 Å². The van der Waals surface area contributed by atoms with Crippen LogP contribution < -0.4 is 0 Å². The summed E-state index contributed by atoms with van der Waals surface area (Å²) in [4.78, 5) is 0. The fraction of sp³-hybridized carbons (Fsp3) is 0.182. The number of hydrogen-bond donors (Lipinski definition) is 0. The van der Waals surface area contributed by atoms with Crippen LogP contribution >= 0.6 is 0 Å². The summed E-state index contributed by atoms with van der Waals surface area (Å²) in [5.41, 5.74) is 6.30. The van der Waals surface area contributed by atoms with E-state index in [0.717, 1.165) is 6.42 Å². The van der Waals surface area contributed by atoms with Gasteiger partial charge in [-0.15, -0.1) is 6.58 Å². The largest absolute Gasteiger partial charge is 0.103 e. The fourth-order valence-corrected chi connectivity index (χ4v) is 2.10. The Bertz CT molecular complexity index is 574. The number of hydrogen-bond acceptors (Lipinski definition) is 0. The average molecular weight is 292 g/mol. The van der Waals surface area contributed by atoms with Gasteiger partial charge in [0.25, 0.3) is 0 Å². The van der Waals surface area contributed by atoms with E-state index in [9.17, 15) is 0 Å². The molecule has 22 heavy (non-hydrogen) atoms. The van der Waals surface area contributed by atoms with Crippen molar-refractivity contribution in [3.8, 4) is 0 Å². The molecular weight excluding hydrogens is 264 g/mol. The molecule has 0 atom stereocenters. The summed E-state index contributed by atoms with van der Waals surface area (Å²) in [5.74, 6) is 0. The van der Waals surface area contributed by atoms with Crippen LogP contribution in [0.3, 0.4) is 0 Å². The molecule has 1 aromatic carbocycles. The highest BCUT2D eigenvalue weighted by Gasteiger charge is 2.09. The Morgan fingerprint density at radius 2 is 1.64 bits per heavy atom. The first-order valence-corrected chi connectivity index (χ1v) is 7.49. The second-order valence-corrected chi connectivity index (χ2v) is 4.74. The third kappa shape index (κ3) is 5.57. The van der Waals surface area contributed by atoms with Gasteiger partial charge in [0.1, 0.15) is 0 Å². The maximum absolute atomic E-state index is 3.97. The topological polar surface area (TPSA) is 0 Å². The van der Waals surface area contributed by atoms with Crippen molar-refractivity contribution in [2.45, 2.75) is 27.2 Å². The molecule has 0 bridgehead atoms. The van der Waals surface area contributed by atoms with Gasteiger partial charge in [-0.2, -0.15) is 0 Å². The second kappa shape index (κ2) is 11.3. The van der Waals surface area contributed by atoms with Crippen molar-refractivity contribution in [2.24, 2.45) is 0 Å². The molecule has 116 valence electrons. The zero-order valence-corrected chi connectivity index (χ0v) is 14.2. The molecule has 0 heteroatoms. The third-order valence-corrected chi connectivity index (χ3v) is 3.30. The minimum absolute atomic E-state index is 0.885. The van der Waals surface area contributed by atoms with Crippen molar-refractivity contribution in [1.82, 2.24) is 0 Å². The Balaban J connectivity index is 0.000000980. The van der Waals surface area contributed by atoms with Gasteiger partial charge in [-0.1, -0.05) is 74.4 Å². The highest BCUT2D eigenvalue weighted by molar-refractivity contribution is 5.79. The van der Waals surface area contributed by atoms with Crippen LogP contribution in [0.4, 0.5) is 0 Å². The standard InChI is InChI=1S/C18H22.C4H6/c1-6-10-15-12-13-17(14(5)8-3)16(9-4)18(15)11-7-2;1-3-4-2/h6-9,11-13H,1,4,10H2,2-3,5H3;3-4H,1-2H2/b11-7-,14-8+;. The lowest BCUT2D eigenvalue weighted by molar-refractivity contribution is 1.25. The van der Waals surface area contributed by atoms with Crippen molar-refractivity contribution in [3.63, 3.8) is 0 Å². The quantitative estimate of drug-likeness (QED) is 0.396. The van der Waals surface area contributed by atoms with Crippen LogP contribution in [-0.4, -0.2) is 0 Å². The molecular formula is C22H28. The Hall–Kier alpha value is -2.34. The Labute approximate surface area is 136 Å². The Morgan fingerprint density at radius 1 is 1.00 bits per heavy atom. The van der Waals surface area contributed by atoms with Crippen molar-refractivity contribution >= 4 is 17.7 Å². The number of benzene rings is 1. The normalized spacial score (nSPS) is 10.6. The van der Waals surface area contributed by atoms with Crippen LogP contribution in [0.1, 0.15) is 43.0 Å². The van der Waals surface area contributed by atoms with Gasteiger partial charge in [0.15, 0.2) is 0 Å². The summed E-state index contributed by atoms with van der Waals surface area (Å²) >= 11 is 0. The molecule has 0 aliphatic carbocycles. The summed E-state index contributed by atoms with van der Waals surface area (Å²) in [6, 6.07) is 4.37. The Morgan fingerprint density at radius 3 is 2.05 bits per heavy atom. The fourth-order valence-electron chi connectivity index (χ4n) is 2.10. The predicted molar refractivity (Wildman–Crippen MR) is 105 cm³/mol. The number of rotatable bonds is 6. The molecule has 0 unspecified atom stereocenters. The van der Waals surface area contributed by atoms with E-state index in [-0.39, 0.29) is 0 Å². The first kappa shape index (κ1) is 19.7. The highest BCUT2D eigenvalue weighted by atomic mass is 14.1. The molecule has 0 spiro atoms. The van der Waals surface area contributed by atoms with Gasteiger partial charge < -0.3 is 0 Å². The van der Waals surface area contributed by atoms with Crippen molar-refractivity contribution < 1.29 is 0 Å². The van der Waals surface area contributed by atoms with Gasteiger partial charge in [-0.25, -0.2) is 0 Å². The first-order valence-electron chi connectivity index (χ1n) is 7.49. The molecule has 0 N–H and O–H groups in total. The summed E-state index contributed by atoms with van der Waals surface area (Å²) in [6.07, 6.45) is 14.4. The zero-order chi connectivity index (χ0) is 17.0. The maximum atomic E-state index is 3.97. The second-order valence-electron chi connectivity index (χ2n) is 4.74. The molecule has 0 radical (unpaired) electrons. The van der Waals surface area contributed by atoms with E-state index >= 15 is 0 Å². The van der Waals surface area contributed by atoms with Gasteiger partial charge >= 0.3 is 0 Å². The van der Waals surface area contributed by atoms with Crippen LogP contribution in [0.25, 0.3) is 17.7 Å². The summed E-state index contributed by atoms with van der Waals surface area (Å²) in [5, 5.41) is 0. The van der Waals surface area contributed by atoms with E-state index in [1.807, 2.05) is 19.1 Å². The van der Waals surface area contributed by atoms with Crippen LogP contribution in [0.15, 0.2) is 68.8 Å². The highest BCUT2D eigenvalue weighted by Crippen LogP contribution is 2.28. The summed E-state index contributed by atoms with van der Waals surface area (Å²) < 4.78 is 0. The molecule has 1 rings (SSSR count). The van der Waals surface area contributed by atoms with Crippen molar-refractivity contribution in [2.75, 3.05) is 0 Å². The predicted octanol–water partition coefficient (Wildman–Crippen LogP) is 6.87. The molecule has 0 saturated heterocycles. The van der Waals surface area contributed by atoms with E-state index in [1.165, 1.54) is 27.8 Å². The molecule has 0 saturated carbocycles. The molecule has 0 heterocycles. The van der Waals surface area contributed by atoms with E-state index in [2.05, 4.69) is 70.5 Å². The van der Waals surface area contributed by atoms with Gasteiger partial charge in [0, 0.05) is 0 Å². The zero-order valence-electron chi connectivity index (χ0n) is 14.2. The Kier molecular flexibility index (Phi) is 10.1. The third-order valence-electron chi connectivity index (χ3n) is 3.30. The van der Waals surface area contributed by atoms with Crippen LogP contribution in [-0.2, 0) is 6.42 Å². The van der Waals surface area contributed by atoms with E-state index in [4.69, 9.17) is 0 Å². The van der Waals surface area contributed by atoms with Gasteiger partial charge in [-0.05, 0) is 55.0 Å². The molecule has 1 aromatic rings. The van der Waals surface area contributed by atoms with Gasteiger partial charge in [0.2, 0.25) is 0 Å². The van der Waals surface area contributed by atoms with Crippen LogP contribution in [0.5, 0.6) is 0 Å². The number of allylic oxidation sites excluding steroid dienone is 6. The SMILES string of the molecule is C=CC=C.C=CCc1ccc(/C(C)=C/C)c(C=C)c1/C=C\C.